The smallest absolute Gasteiger partial charge is 0.395 e. The maximum atomic E-state index is 14.7. The molecule has 0 aliphatic carbocycles. The fourth-order valence-corrected chi connectivity index (χ4v) is 20.2. The monoisotopic (exact) mass is 1990 g/mol. The number of halogens is 3. The molecule has 5 aromatic carbocycles. The van der Waals surface area contributed by atoms with Crippen molar-refractivity contribution in [3.8, 4) is 46.2 Å². The third kappa shape index (κ3) is 30.5. The quantitative estimate of drug-likeness (QED) is 0.0138. The second-order valence-electron chi connectivity index (χ2n) is 41.6. The number of aromatic nitrogens is 2. The van der Waals surface area contributed by atoms with Gasteiger partial charge in [-0.15, -0.1) is 0 Å². The van der Waals surface area contributed by atoms with Crippen LogP contribution < -0.4 is 26.6 Å². The number of Topliss-reactive ketones (excluding diaryl/α,β-unsaturated/α-hetero) is 1. The molecule has 0 saturated carbocycles. The number of hydrogen-bond acceptors (Lipinski definition) is 16. The number of likely N-dealkylation sites (tertiary alicyclic amines) is 4. The highest BCUT2D eigenvalue weighted by molar-refractivity contribution is 5.97. The van der Waals surface area contributed by atoms with E-state index < -0.39 is 83.1 Å². The van der Waals surface area contributed by atoms with Crippen molar-refractivity contribution in [2.75, 3.05) is 92.9 Å². The lowest BCUT2D eigenvalue weighted by Gasteiger charge is -2.36. The lowest BCUT2D eigenvalue weighted by molar-refractivity contribution is -0.186. The van der Waals surface area contributed by atoms with E-state index >= 15 is 0 Å². The molecular weight excluding hydrogens is 1830 g/mol. The summed E-state index contributed by atoms with van der Waals surface area (Å²) in [6.07, 6.45) is 4.83. The van der Waals surface area contributed by atoms with Gasteiger partial charge in [-0.2, -0.15) is 13.2 Å². The number of nitrogens with one attached hydrogen (secondary N) is 5. The largest absolute Gasteiger partial charge is 0.471 e. The van der Waals surface area contributed by atoms with Crippen LogP contribution in [0, 0.1) is 52.3 Å². The Morgan fingerprint density at radius 1 is 0.472 bits per heavy atom. The SMILES string of the molecule is CC[C@@H](C)C(=O)NC(C(=O)N1CCCC1CN(CCc1ccccc1)C(C)=O)C(C)OCC#CC#CCOC(C)C(NC(=O)[C@H](C)NC)C(=O)N1CCC[C@H]1CN(CCCCCc1ccccc1)C(=O)C(F)(F)F.CC[C@@H](C)C(=O)NC(C(=O)N1CCC[C@H]1Cc1c(-c2ccc(-c3c(C[C@@H]4CCCN4C(=O)C(CC(=O)[C@H](C)NC)C(C)(C)C)c4ccccc4n3CCO)cc2)n(CCO)c2ccccc12)C(C)(C)C. The molecular formula is C114H158F3N13O14. The van der Waals surface area contributed by atoms with Gasteiger partial charge in [0.1, 0.15) is 37.1 Å². The fourth-order valence-electron chi connectivity index (χ4n) is 20.2. The van der Waals surface area contributed by atoms with Crippen LogP contribution in [0.2, 0.25) is 0 Å². The van der Waals surface area contributed by atoms with Crippen molar-refractivity contribution < 1.29 is 80.8 Å². The van der Waals surface area contributed by atoms with E-state index in [0.29, 0.717) is 110 Å². The number of unbranched alkanes of at least 4 members (excludes halogenated alkanes) is 2. The van der Waals surface area contributed by atoms with Gasteiger partial charge in [0, 0.05) is 143 Å². The molecule has 11 rings (SSSR count). The number of rotatable bonds is 46. The number of fused-ring (bicyclic) bond motifs is 2. The van der Waals surface area contributed by atoms with Crippen molar-refractivity contribution in [1.82, 2.24) is 65.1 Å². The first kappa shape index (κ1) is 115. The molecule has 144 heavy (non-hydrogen) atoms. The molecule has 30 heteroatoms. The number of carbonyl (C=O) groups is 10. The number of ketones is 1. The number of benzene rings is 5. The highest BCUT2D eigenvalue weighted by Crippen LogP contribution is 2.43. The molecule has 4 saturated heterocycles. The Balaban J connectivity index is 0.000000296. The lowest BCUT2D eigenvalue weighted by atomic mass is 9.76. The molecule has 2 aromatic heterocycles. The van der Waals surface area contributed by atoms with Crippen LogP contribution in [0.25, 0.3) is 44.3 Å². The van der Waals surface area contributed by atoms with E-state index in [-0.39, 0.29) is 130 Å². The first-order chi connectivity index (χ1) is 68.7. The van der Waals surface area contributed by atoms with E-state index in [0.717, 1.165) is 116 Å². The summed E-state index contributed by atoms with van der Waals surface area (Å²) in [5.74, 6) is 6.25. The second-order valence-corrected chi connectivity index (χ2v) is 41.6. The molecule has 6 heterocycles. The van der Waals surface area contributed by atoms with Gasteiger partial charge in [0.05, 0.1) is 48.9 Å². The summed E-state index contributed by atoms with van der Waals surface area (Å²) in [5.41, 5.74) is 9.62. The first-order valence-electron chi connectivity index (χ1n) is 52.1. The average Bonchev–Trinajstić information content (AvgIpc) is 1.59. The van der Waals surface area contributed by atoms with Gasteiger partial charge in [-0.05, 0) is 213 Å². The summed E-state index contributed by atoms with van der Waals surface area (Å²) >= 11 is 0. The molecule has 4 aliphatic heterocycles. The molecule has 14 atom stereocenters. The number of hydrogen-bond donors (Lipinski definition) is 7. The molecule has 9 amide bonds. The van der Waals surface area contributed by atoms with E-state index in [1.807, 2.05) is 137 Å². The molecule has 7 N–H and O–H groups in total. The van der Waals surface area contributed by atoms with Gasteiger partial charge in [0.15, 0.2) is 0 Å². The lowest BCUT2D eigenvalue weighted by Crippen LogP contribution is -2.59. The van der Waals surface area contributed by atoms with E-state index in [4.69, 9.17) is 9.47 Å². The Morgan fingerprint density at radius 2 is 0.882 bits per heavy atom. The molecule has 4 aliphatic rings. The van der Waals surface area contributed by atoms with Gasteiger partial charge in [-0.1, -0.05) is 209 Å². The predicted molar refractivity (Wildman–Crippen MR) is 558 cm³/mol. The number of amides is 9. The zero-order valence-corrected chi connectivity index (χ0v) is 87.9. The molecule has 7 unspecified atom stereocenters. The summed E-state index contributed by atoms with van der Waals surface area (Å²) < 4.78 is 57.9. The van der Waals surface area contributed by atoms with Crippen LogP contribution in [0.3, 0.4) is 0 Å². The van der Waals surface area contributed by atoms with Gasteiger partial charge >= 0.3 is 12.1 Å². The minimum absolute atomic E-state index is 0.0391. The second kappa shape index (κ2) is 54.3. The zero-order valence-electron chi connectivity index (χ0n) is 87.9. The number of aliphatic hydroxyl groups is 2. The van der Waals surface area contributed by atoms with Crippen molar-refractivity contribution in [2.45, 2.75) is 305 Å². The highest BCUT2D eigenvalue weighted by atomic mass is 19.4. The third-order valence-electron chi connectivity index (χ3n) is 29.5. The topological polar surface area (TPSA) is 319 Å². The Morgan fingerprint density at radius 3 is 1.31 bits per heavy atom. The summed E-state index contributed by atoms with van der Waals surface area (Å²) in [6, 6.07) is 39.9. The van der Waals surface area contributed by atoms with Crippen LogP contribution in [0.15, 0.2) is 133 Å². The van der Waals surface area contributed by atoms with Gasteiger partial charge in [-0.3, -0.25) is 47.9 Å². The van der Waals surface area contributed by atoms with E-state index in [2.05, 4.69) is 135 Å². The Hall–Kier alpha value is -11.3. The molecule has 0 spiro atoms. The molecule has 0 radical (unpaired) electrons. The Labute approximate surface area is 850 Å². The number of aryl methyl sites for hydroxylation is 1. The normalized spacial score (nSPS) is 18.1. The molecule has 784 valence electrons. The maximum Gasteiger partial charge on any atom is 0.471 e. The summed E-state index contributed by atoms with van der Waals surface area (Å²) in [7, 11) is 3.36. The molecule has 7 aromatic rings. The molecule has 27 nitrogen and oxygen atoms in total. The van der Waals surface area contributed by atoms with Crippen LogP contribution in [0.4, 0.5) is 13.2 Å². The van der Waals surface area contributed by atoms with Gasteiger partial charge < -0.3 is 84.8 Å². The Kier molecular flexibility index (Phi) is 43.2. The van der Waals surface area contributed by atoms with Crippen molar-refractivity contribution in [2.24, 2.45) is 28.6 Å². The van der Waals surface area contributed by atoms with E-state index in [1.165, 1.54) is 11.8 Å². The van der Waals surface area contributed by atoms with Crippen LogP contribution in [-0.2, 0) is 96.2 Å². The number of likely N-dealkylation sites (N-methyl/N-ethyl adjacent to an activating group) is 2. The van der Waals surface area contributed by atoms with Crippen LogP contribution in [0.5, 0.6) is 0 Å². The van der Waals surface area contributed by atoms with Gasteiger partial charge in [0.25, 0.3) is 0 Å². The minimum Gasteiger partial charge on any atom is -0.395 e. The van der Waals surface area contributed by atoms with Crippen molar-refractivity contribution in [3.05, 3.63) is 156 Å². The zero-order chi connectivity index (χ0) is 105. The summed E-state index contributed by atoms with van der Waals surface area (Å²) in [5, 5.41) is 37.9. The number of aliphatic hydroxyl groups excluding tert-OH is 2. The maximum absolute atomic E-state index is 14.7. The van der Waals surface area contributed by atoms with E-state index in [9.17, 15) is 71.3 Å². The Bertz CT molecular complexity index is 5390. The van der Waals surface area contributed by atoms with E-state index in [1.54, 1.807) is 51.6 Å². The van der Waals surface area contributed by atoms with Gasteiger partial charge in [0.2, 0.25) is 47.3 Å². The van der Waals surface area contributed by atoms with Crippen molar-refractivity contribution >= 4 is 80.8 Å². The predicted octanol–water partition coefficient (Wildman–Crippen LogP) is 14.1. The van der Waals surface area contributed by atoms with Crippen LogP contribution >= 0.6 is 0 Å². The summed E-state index contributed by atoms with van der Waals surface area (Å²) in [4.78, 5) is 146. The number of nitrogens with zero attached hydrogens (tertiary/aromatic N) is 8. The van der Waals surface area contributed by atoms with Crippen LogP contribution in [0.1, 0.15) is 216 Å². The van der Waals surface area contributed by atoms with Gasteiger partial charge in [-0.25, -0.2) is 0 Å². The number of carbonyl (C=O) groups excluding carboxylic acids is 10. The third-order valence-corrected chi connectivity index (χ3v) is 29.5. The fraction of sp³-hybridized carbons (Fsp3) is 0.579. The molecule has 4 fully saturated rings. The minimum atomic E-state index is -5.09. The molecule has 0 bridgehead atoms. The van der Waals surface area contributed by atoms with Crippen molar-refractivity contribution in [3.63, 3.8) is 0 Å². The number of para-hydroxylation sites is 2. The number of ether oxygens (including phenoxy) is 2. The standard InChI is InChI=1S/C58H80N6O6.C56H78F3N7O8/c1-11-37(2)54(68)60-53(58(7,8)9)56(70)62-29-17-19-42(62)35-46-44-21-13-15-23-49(44)64(31-33-66)52(46)40-26-24-39(25-27-40)51-45(43-20-12-14-22-48(43)63(51)30-32-65)34-41-18-16-28-61(41)55(69)47(57(4,5)6)36-50(67)38(3)59-10;1-8-40(2)51(68)61-49(53(70)65-33-22-29-47(65)38-63(44(6)67)35-31-46-27-16-12-17-28-46)42(4)73-36-20-9-10-21-37-74-43(5)50(62-52(69)41(3)60-7)54(71)66-34-23-30-48(66)39-64(55(72)56(57,58)59)32-19-13-18-26-45-24-14-11-15-25-45/h12-15,20-27,37-38,41-42,47,53,59,65-66H,11,16-19,28-36H2,1-10H3,(H,60,68);11-12,14-17,24-25,27-28,40-43,47-50,60H,8,13,18-19,22-23,26,29-39H2,1-7H3,(H,61,68)(H,62,69)/t37-,38+,41+,42+,47?,53?;40-,41+,42?,43?,47?,48+,49?,50?/m11/s1. The van der Waals surface area contributed by atoms with Crippen molar-refractivity contribution in [1.29, 1.82) is 0 Å². The average molecular weight is 1990 g/mol. The van der Waals surface area contributed by atoms with Crippen LogP contribution in [-0.4, -0.2) is 273 Å². The first-order valence-corrected chi connectivity index (χ1v) is 52.1. The summed E-state index contributed by atoms with van der Waals surface area (Å²) in [6.45, 7) is 30.8. The highest BCUT2D eigenvalue weighted by Gasteiger charge is 2.48. The number of alkyl halides is 3.